The molecule has 0 radical (unpaired) electrons. The van der Waals surface area contributed by atoms with Gasteiger partial charge in [-0.15, -0.1) is 0 Å². The number of rotatable bonds is 3. The van der Waals surface area contributed by atoms with Gasteiger partial charge in [-0.25, -0.2) is 4.79 Å². The van der Waals surface area contributed by atoms with E-state index >= 15 is 0 Å². The first-order chi connectivity index (χ1) is 13.9. The van der Waals surface area contributed by atoms with Gasteiger partial charge >= 0.3 is 6.03 Å². The van der Waals surface area contributed by atoms with Gasteiger partial charge in [0, 0.05) is 43.8 Å². The molecule has 2 aliphatic rings. The van der Waals surface area contributed by atoms with Crippen LogP contribution in [0.5, 0.6) is 0 Å². The van der Waals surface area contributed by atoms with Crippen molar-refractivity contribution in [1.82, 2.24) is 15.1 Å². The van der Waals surface area contributed by atoms with Crippen LogP contribution >= 0.6 is 11.6 Å². The van der Waals surface area contributed by atoms with Gasteiger partial charge in [-0.1, -0.05) is 36.9 Å². The molecule has 3 rings (SSSR count). The zero-order chi connectivity index (χ0) is 20.9. The Morgan fingerprint density at radius 1 is 0.966 bits per heavy atom. The highest BCUT2D eigenvalue weighted by Gasteiger charge is 2.43. The summed E-state index contributed by atoms with van der Waals surface area (Å²) in [6.07, 6.45) is 5.03. The summed E-state index contributed by atoms with van der Waals surface area (Å²) in [5.74, 6) is -0.179. The molecule has 0 atom stereocenters. The zero-order valence-corrected chi connectivity index (χ0v) is 17.6. The molecule has 0 unspecified atom stereocenters. The van der Waals surface area contributed by atoms with Crippen LogP contribution in [0.2, 0.25) is 5.02 Å². The Hall–Kier alpha value is -2.28. The summed E-state index contributed by atoms with van der Waals surface area (Å²) in [6, 6.07) is 6.83. The number of carbonyl (C=O) groups is 3. The predicted octanol–water partition coefficient (Wildman–Crippen LogP) is 3.25. The third kappa shape index (κ3) is 5.41. The summed E-state index contributed by atoms with van der Waals surface area (Å²) in [4.78, 5) is 41.3. The van der Waals surface area contributed by atoms with E-state index in [4.69, 9.17) is 11.6 Å². The van der Waals surface area contributed by atoms with Crippen molar-refractivity contribution in [3.8, 4) is 0 Å². The van der Waals surface area contributed by atoms with Crippen molar-refractivity contribution < 1.29 is 14.4 Å². The van der Waals surface area contributed by atoms with E-state index in [1.807, 2.05) is 4.90 Å². The molecule has 1 aromatic rings. The number of carbonyl (C=O) groups excluding carboxylic acids is 3. The van der Waals surface area contributed by atoms with E-state index in [2.05, 4.69) is 10.6 Å². The Morgan fingerprint density at radius 2 is 1.66 bits per heavy atom. The third-order valence-corrected chi connectivity index (χ3v) is 5.91. The maximum absolute atomic E-state index is 13.3. The van der Waals surface area contributed by atoms with Crippen LogP contribution in [0.15, 0.2) is 24.3 Å². The molecule has 8 heteroatoms. The van der Waals surface area contributed by atoms with E-state index in [1.165, 1.54) is 6.92 Å². The molecule has 1 saturated heterocycles. The third-order valence-electron chi connectivity index (χ3n) is 5.68. The number of hydrogen-bond donors (Lipinski definition) is 2. The molecule has 2 N–H and O–H groups in total. The number of halogens is 1. The van der Waals surface area contributed by atoms with E-state index < -0.39 is 5.54 Å². The minimum absolute atomic E-state index is 0.00972. The first kappa shape index (κ1) is 21.4. The molecule has 1 saturated carbocycles. The molecule has 4 amide bonds. The van der Waals surface area contributed by atoms with Gasteiger partial charge in [-0.3, -0.25) is 9.59 Å². The monoisotopic (exact) mass is 420 g/mol. The molecular formula is C21H29ClN4O3. The first-order valence-corrected chi connectivity index (χ1v) is 10.7. The first-order valence-electron chi connectivity index (χ1n) is 10.3. The highest BCUT2D eigenvalue weighted by molar-refractivity contribution is 6.30. The van der Waals surface area contributed by atoms with Crippen molar-refractivity contribution in [3.05, 3.63) is 29.3 Å². The summed E-state index contributed by atoms with van der Waals surface area (Å²) in [7, 11) is 0. The molecule has 0 aromatic heterocycles. The van der Waals surface area contributed by atoms with E-state index in [0.29, 0.717) is 56.2 Å². The summed E-state index contributed by atoms with van der Waals surface area (Å²) < 4.78 is 0. The molecule has 29 heavy (non-hydrogen) atoms. The molecule has 0 bridgehead atoms. The molecule has 0 spiro atoms. The Bertz CT molecular complexity index is 764. The van der Waals surface area contributed by atoms with E-state index in [0.717, 1.165) is 19.3 Å². The molecule has 1 aliphatic heterocycles. The van der Waals surface area contributed by atoms with Gasteiger partial charge in [0.2, 0.25) is 11.8 Å². The zero-order valence-electron chi connectivity index (χ0n) is 16.9. The largest absolute Gasteiger partial charge is 0.342 e. The fourth-order valence-electron chi connectivity index (χ4n) is 4.28. The fraction of sp³-hybridized carbons (Fsp3) is 0.571. The standard InChI is InChI=1S/C21H29ClN4O3/c1-16(27)24-21(9-3-2-4-10-21)19(28)25-11-6-12-26(14-13-25)20(29)23-18-8-5-7-17(22)15-18/h5,7-8,15H,2-4,6,9-14H2,1H3,(H,23,29)(H,24,27). The van der Waals surface area contributed by atoms with Gasteiger partial charge in [0.15, 0.2) is 0 Å². The number of benzene rings is 1. The maximum atomic E-state index is 13.3. The summed E-state index contributed by atoms with van der Waals surface area (Å²) in [5, 5.41) is 6.37. The van der Waals surface area contributed by atoms with Crippen molar-refractivity contribution in [1.29, 1.82) is 0 Å². The van der Waals surface area contributed by atoms with Gasteiger partial charge < -0.3 is 20.4 Å². The summed E-state index contributed by atoms with van der Waals surface area (Å²) in [6.45, 7) is 3.54. The van der Waals surface area contributed by atoms with Crippen molar-refractivity contribution in [2.24, 2.45) is 0 Å². The van der Waals surface area contributed by atoms with Gasteiger partial charge in [-0.05, 0) is 37.5 Å². The number of nitrogens with zero attached hydrogens (tertiary/aromatic N) is 2. The highest BCUT2D eigenvalue weighted by Crippen LogP contribution is 2.30. The molecule has 2 fully saturated rings. The molecule has 1 heterocycles. The summed E-state index contributed by atoms with van der Waals surface area (Å²) in [5.41, 5.74) is -0.144. The van der Waals surface area contributed by atoms with Crippen LogP contribution < -0.4 is 10.6 Å². The topological polar surface area (TPSA) is 81.8 Å². The normalized spacial score (nSPS) is 19.2. The number of anilines is 1. The average molecular weight is 421 g/mol. The smallest absolute Gasteiger partial charge is 0.321 e. The Labute approximate surface area is 176 Å². The lowest BCUT2D eigenvalue weighted by atomic mass is 9.80. The van der Waals surface area contributed by atoms with Gasteiger partial charge in [0.05, 0.1) is 0 Å². The van der Waals surface area contributed by atoms with Crippen molar-refractivity contribution in [2.75, 3.05) is 31.5 Å². The van der Waals surface area contributed by atoms with Gasteiger partial charge in [-0.2, -0.15) is 0 Å². The van der Waals surface area contributed by atoms with Crippen LogP contribution in [0.25, 0.3) is 0 Å². The van der Waals surface area contributed by atoms with Crippen LogP contribution in [-0.2, 0) is 9.59 Å². The highest BCUT2D eigenvalue weighted by atomic mass is 35.5. The van der Waals surface area contributed by atoms with E-state index in [1.54, 1.807) is 29.2 Å². The van der Waals surface area contributed by atoms with Gasteiger partial charge in [0.1, 0.15) is 5.54 Å². The quantitative estimate of drug-likeness (QED) is 0.787. The lowest BCUT2D eigenvalue weighted by molar-refractivity contribution is -0.143. The molecule has 158 valence electrons. The molecule has 7 nitrogen and oxygen atoms in total. The van der Waals surface area contributed by atoms with Crippen LogP contribution in [0.1, 0.15) is 45.4 Å². The molecular weight excluding hydrogens is 392 g/mol. The lowest BCUT2D eigenvalue weighted by Crippen LogP contribution is -2.60. The Kier molecular flexibility index (Phi) is 7.00. The fourth-order valence-corrected chi connectivity index (χ4v) is 4.47. The number of hydrogen-bond acceptors (Lipinski definition) is 3. The number of nitrogens with one attached hydrogen (secondary N) is 2. The second-order valence-corrected chi connectivity index (χ2v) is 8.33. The average Bonchev–Trinajstić information content (AvgIpc) is 2.94. The Morgan fingerprint density at radius 3 is 2.34 bits per heavy atom. The maximum Gasteiger partial charge on any atom is 0.321 e. The van der Waals surface area contributed by atoms with E-state index in [-0.39, 0.29) is 17.8 Å². The SMILES string of the molecule is CC(=O)NC1(C(=O)N2CCCN(C(=O)Nc3cccc(Cl)c3)CC2)CCCCC1. The minimum atomic E-state index is -0.789. The van der Waals surface area contributed by atoms with Crippen molar-refractivity contribution in [2.45, 2.75) is 51.0 Å². The van der Waals surface area contributed by atoms with Crippen LogP contribution in [0, 0.1) is 0 Å². The van der Waals surface area contributed by atoms with Crippen molar-refractivity contribution >= 4 is 35.1 Å². The summed E-state index contributed by atoms with van der Waals surface area (Å²) >= 11 is 5.98. The Balaban J connectivity index is 1.63. The van der Waals surface area contributed by atoms with Gasteiger partial charge in [0.25, 0.3) is 0 Å². The second kappa shape index (κ2) is 9.48. The molecule has 1 aliphatic carbocycles. The molecule has 1 aromatic carbocycles. The second-order valence-electron chi connectivity index (χ2n) is 7.90. The predicted molar refractivity (Wildman–Crippen MR) is 113 cm³/mol. The van der Waals surface area contributed by atoms with Crippen molar-refractivity contribution in [3.63, 3.8) is 0 Å². The minimum Gasteiger partial charge on any atom is -0.342 e. The number of urea groups is 1. The number of amides is 4. The lowest BCUT2D eigenvalue weighted by Gasteiger charge is -2.40. The van der Waals surface area contributed by atoms with Crippen LogP contribution in [0.4, 0.5) is 10.5 Å². The van der Waals surface area contributed by atoms with Crippen LogP contribution in [0.3, 0.4) is 0 Å². The van der Waals surface area contributed by atoms with E-state index in [9.17, 15) is 14.4 Å². The van der Waals surface area contributed by atoms with Crippen LogP contribution in [-0.4, -0.2) is 59.4 Å².